The first-order valence-corrected chi connectivity index (χ1v) is 10.5. The average Bonchev–Trinajstić information content (AvgIpc) is 2.90. The number of carbonyl (C=O) groups is 1. The summed E-state index contributed by atoms with van der Waals surface area (Å²) in [5.74, 6) is -0.104. The number of pyridine rings is 1. The minimum atomic E-state index is -3.35. The number of hydrogen-bond donors (Lipinski definition) is 0. The molecular weight excluding hydrogens is 362 g/mol. The van der Waals surface area contributed by atoms with E-state index >= 15 is 0 Å². The van der Waals surface area contributed by atoms with Gasteiger partial charge in [-0.3, -0.25) is 14.5 Å². The predicted molar refractivity (Wildman–Crippen MR) is 106 cm³/mol. The van der Waals surface area contributed by atoms with E-state index in [4.69, 9.17) is 0 Å². The molecule has 0 amide bonds. The van der Waals surface area contributed by atoms with Crippen LogP contribution in [0.15, 0.2) is 41.6 Å². The molecule has 0 aliphatic rings. The molecular formula is C20H23N3O3S. The van der Waals surface area contributed by atoms with E-state index in [1.165, 1.54) is 13.1 Å². The van der Waals surface area contributed by atoms with Gasteiger partial charge in [-0.2, -0.15) is 5.10 Å². The van der Waals surface area contributed by atoms with Crippen molar-refractivity contribution in [3.8, 4) is 11.1 Å². The summed E-state index contributed by atoms with van der Waals surface area (Å²) in [6, 6.07) is 7.29. The van der Waals surface area contributed by atoms with Crippen molar-refractivity contribution in [3.63, 3.8) is 0 Å². The topological polar surface area (TPSA) is 81.9 Å². The zero-order chi connectivity index (χ0) is 20.0. The Hall–Kier alpha value is -2.54. The fourth-order valence-corrected chi connectivity index (χ4v) is 3.56. The molecule has 0 spiro atoms. The van der Waals surface area contributed by atoms with Crippen LogP contribution < -0.4 is 0 Å². The van der Waals surface area contributed by atoms with Gasteiger partial charge in [0.15, 0.2) is 15.6 Å². The van der Waals surface area contributed by atoms with Crippen LogP contribution in [-0.4, -0.2) is 35.2 Å². The van der Waals surface area contributed by atoms with Crippen molar-refractivity contribution >= 4 is 26.5 Å². The molecule has 0 unspecified atom stereocenters. The Kier molecular flexibility index (Phi) is 4.67. The average molecular weight is 385 g/mol. The largest absolute Gasteiger partial charge is 0.293 e. The smallest absolute Gasteiger partial charge is 0.180 e. The molecule has 0 fully saturated rings. The molecule has 0 saturated heterocycles. The number of rotatable bonds is 4. The number of aromatic nitrogens is 3. The first-order valence-electron chi connectivity index (χ1n) is 8.63. The number of carbonyl (C=O) groups excluding carboxylic acids is 1. The Labute approximate surface area is 159 Å². The molecule has 2 heterocycles. The number of ketones is 1. The van der Waals surface area contributed by atoms with E-state index in [1.807, 2.05) is 22.9 Å². The molecule has 3 rings (SSSR count). The molecule has 7 heteroatoms. The van der Waals surface area contributed by atoms with Crippen molar-refractivity contribution < 1.29 is 13.2 Å². The van der Waals surface area contributed by atoms with Gasteiger partial charge >= 0.3 is 0 Å². The third kappa shape index (κ3) is 4.08. The number of sulfone groups is 1. The molecule has 2 aromatic heterocycles. The molecule has 0 N–H and O–H groups in total. The Balaban J connectivity index is 2.18. The second kappa shape index (κ2) is 6.56. The van der Waals surface area contributed by atoms with Gasteiger partial charge in [-0.05, 0) is 29.2 Å². The van der Waals surface area contributed by atoms with Crippen molar-refractivity contribution in [2.45, 2.75) is 39.1 Å². The van der Waals surface area contributed by atoms with E-state index < -0.39 is 9.84 Å². The van der Waals surface area contributed by atoms with E-state index in [-0.39, 0.29) is 16.1 Å². The molecule has 6 nitrogen and oxygen atoms in total. The van der Waals surface area contributed by atoms with Gasteiger partial charge < -0.3 is 0 Å². The van der Waals surface area contributed by atoms with Crippen molar-refractivity contribution in [1.82, 2.24) is 14.8 Å². The van der Waals surface area contributed by atoms with Crippen LogP contribution >= 0.6 is 0 Å². The van der Waals surface area contributed by atoms with Crippen molar-refractivity contribution in [1.29, 1.82) is 0 Å². The summed E-state index contributed by atoms with van der Waals surface area (Å²) in [6.45, 7) is 8.53. The quantitative estimate of drug-likeness (QED) is 0.639. The van der Waals surface area contributed by atoms with Gasteiger partial charge in [-0.1, -0.05) is 26.8 Å². The fraction of sp³-hybridized carbons (Fsp3) is 0.350. The van der Waals surface area contributed by atoms with Gasteiger partial charge in [0.2, 0.25) is 0 Å². The highest BCUT2D eigenvalue weighted by atomic mass is 32.2. The Morgan fingerprint density at radius 1 is 1.11 bits per heavy atom. The number of Topliss-reactive ketones (excluding diaryl/α,β-unsaturated/α-hetero) is 1. The summed E-state index contributed by atoms with van der Waals surface area (Å²) < 4.78 is 25.5. The highest BCUT2D eigenvalue weighted by Gasteiger charge is 2.19. The van der Waals surface area contributed by atoms with E-state index in [0.29, 0.717) is 17.8 Å². The van der Waals surface area contributed by atoms with E-state index in [2.05, 4.69) is 30.9 Å². The van der Waals surface area contributed by atoms with Gasteiger partial charge in [-0.25, -0.2) is 8.42 Å². The van der Waals surface area contributed by atoms with Crippen LogP contribution in [0.5, 0.6) is 0 Å². The highest BCUT2D eigenvalue weighted by molar-refractivity contribution is 7.90. The maximum atomic E-state index is 12.1. The summed E-state index contributed by atoms with van der Waals surface area (Å²) >= 11 is 0. The Morgan fingerprint density at radius 2 is 1.81 bits per heavy atom. The minimum Gasteiger partial charge on any atom is -0.293 e. The van der Waals surface area contributed by atoms with Crippen LogP contribution in [-0.2, 0) is 16.4 Å². The lowest BCUT2D eigenvalue weighted by Gasteiger charge is -2.18. The summed E-state index contributed by atoms with van der Waals surface area (Å²) in [6.07, 6.45) is 4.10. The van der Waals surface area contributed by atoms with Gasteiger partial charge in [0, 0.05) is 43.1 Å². The maximum absolute atomic E-state index is 12.1. The van der Waals surface area contributed by atoms with Crippen molar-refractivity contribution in [3.05, 3.63) is 42.4 Å². The Morgan fingerprint density at radius 3 is 2.41 bits per heavy atom. The lowest BCUT2D eigenvalue weighted by Crippen LogP contribution is -2.16. The molecule has 0 radical (unpaired) electrons. The first kappa shape index (κ1) is 19.2. The number of nitrogens with zero attached hydrogens (tertiary/aromatic N) is 3. The molecule has 27 heavy (non-hydrogen) atoms. The molecule has 1 aromatic carbocycles. The van der Waals surface area contributed by atoms with Gasteiger partial charge in [0.1, 0.15) is 5.69 Å². The highest BCUT2D eigenvalue weighted by Crippen LogP contribution is 2.29. The van der Waals surface area contributed by atoms with Crippen molar-refractivity contribution in [2.24, 2.45) is 5.41 Å². The predicted octanol–water partition coefficient (Wildman–Crippen LogP) is 3.75. The molecule has 3 aromatic rings. The number of benzene rings is 1. The summed E-state index contributed by atoms with van der Waals surface area (Å²) in [4.78, 5) is 16.3. The third-order valence-electron chi connectivity index (χ3n) is 4.18. The van der Waals surface area contributed by atoms with E-state index in [1.54, 1.807) is 12.3 Å². The second-order valence-electron chi connectivity index (χ2n) is 8.04. The van der Waals surface area contributed by atoms with Crippen molar-refractivity contribution in [2.75, 3.05) is 6.26 Å². The zero-order valence-corrected chi connectivity index (χ0v) is 17.0. The van der Waals surface area contributed by atoms with Crippen LogP contribution in [0.3, 0.4) is 0 Å². The van der Waals surface area contributed by atoms with E-state index in [9.17, 15) is 13.2 Å². The van der Waals surface area contributed by atoms with Gasteiger partial charge in [0.25, 0.3) is 0 Å². The molecule has 0 saturated carbocycles. The van der Waals surface area contributed by atoms with Crippen LogP contribution in [0.1, 0.15) is 38.2 Å². The van der Waals surface area contributed by atoms with Crippen LogP contribution in [0, 0.1) is 5.41 Å². The van der Waals surface area contributed by atoms with Crippen LogP contribution in [0.4, 0.5) is 0 Å². The number of hydrogen-bond acceptors (Lipinski definition) is 5. The monoisotopic (exact) mass is 385 g/mol. The normalized spacial score (nSPS) is 12.5. The van der Waals surface area contributed by atoms with Gasteiger partial charge in [-0.15, -0.1) is 0 Å². The summed E-state index contributed by atoms with van der Waals surface area (Å²) in [5.41, 5.74) is 2.78. The molecule has 0 aliphatic carbocycles. The van der Waals surface area contributed by atoms with Gasteiger partial charge in [0.05, 0.1) is 10.4 Å². The summed E-state index contributed by atoms with van der Waals surface area (Å²) in [7, 11) is -3.35. The molecule has 142 valence electrons. The lowest BCUT2D eigenvalue weighted by molar-refractivity contribution is 0.101. The van der Waals surface area contributed by atoms with E-state index in [0.717, 1.165) is 22.7 Å². The molecule has 0 bridgehead atoms. The Bertz CT molecular complexity index is 1140. The maximum Gasteiger partial charge on any atom is 0.180 e. The SMILES string of the molecule is CC(=O)c1nn(CC(C)(C)C)c2ccc(-c3cncc(S(C)(=O)=O)c3)cc12. The van der Waals surface area contributed by atoms with Crippen LogP contribution in [0.25, 0.3) is 22.0 Å². The first-order chi connectivity index (χ1) is 12.5. The molecule has 0 aliphatic heterocycles. The molecule has 0 atom stereocenters. The second-order valence-corrected chi connectivity index (χ2v) is 10.1. The van der Waals surface area contributed by atoms with Crippen LogP contribution in [0.2, 0.25) is 0 Å². The lowest BCUT2D eigenvalue weighted by atomic mass is 9.97. The zero-order valence-electron chi connectivity index (χ0n) is 16.1. The summed E-state index contributed by atoms with van der Waals surface area (Å²) in [5, 5.41) is 5.28. The fourth-order valence-electron chi connectivity index (χ4n) is 2.97. The third-order valence-corrected chi connectivity index (χ3v) is 5.26. The standard InChI is InChI=1S/C20H23N3O3S/c1-13(24)19-17-9-14(15-8-16(11-21-10-15)27(5,25)26)6-7-18(17)23(22-19)12-20(2,3)4/h6-11H,12H2,1-5H3. The minimum absolute atomic E-state index is 0.0133. The number of fused-ring (bicyclic) bond motifs is 1.